The Morgan fingerprint density at radius 2 is 2.06 bits per heavy atom. The third-order valence-corrected chi connectivity index (χ3v) is 7.98. The minimum absolute atomic E-state index is 0.0815. The fourth-order valence-electron chi connectivity index (χ4n) is 6.19. The lowest BCUT2D eigenvalue weighted by Gasteiger charge is -2.41. The van der Waals surface area contributed by atoms with Crippen molar-refractivity contribution in [3.8, 4) is 0 Å². The van der Waals surface area contributed by atoms with E-state index in [4.69, 9.17) is 4.74 Å². The fraction of sp³-hybridized carbons (Fsp3) is 0.577. The Hall–Kier alpha value is -2.71. The maximum atomic E-state index is 14.2. The summed E-state index contributed by atoms with van der Waals surface area (Å²) in [6.07, 6.45) is 2.69. The standard InChI is InChI=1S/C26H34N2O6/c1-4-13-27(14-17-9-7-6-8-10-17)24(31)22-26-12-11-19(34-26)20(25(32)33)21(26)23(30)28(22)18(15-29)16(3)5-2/h4,6-10,16,18-22,29H,1,5,11-15H2,2-3H3,(H,32,33)/t16-,18-,19+,20-,21-,22+,26-/m0/s1. The summed E-state index contributed by atoms with van der Waals surface area (Å²) in [4.78, 5) is 43.3. The Bertz CT molecular complexity index is 952. The molecule has 3 aliphatic heterocycles. The molecule has 1 aromatic rings. The van der Waals surface area contributed by atoms with Crippen LogP contribution in [0.15, 0.2) is 43.0 Å². The zero-order valence-corrected chi connectivity index (χ0v) is 19.8. The monoisotopic (exact) mass is 470 g/mol. The molecule has 2 N–H and O–H groups in total. The highest BCUT2D eigenvalue weighted by Gasteiger charge is 2.75. The molecule has 3 aliphatic rings. The highest BCUT2D eigenvalue weighted by Crippen LogP contribution is 2.59. The van der Waals surface area contributed by atoms with Crippen LogP contribution < -0.4 is 0 Å². The van der Waals surface area contributed by atoms with E-state index in [-0.39, 0.29) is 25.0 Å². The number of aliphatic carboxylic acids is 1. The lowest BCUT2D eigenvalue weighted by atomic mass is 9.70. The first kappa shape index (κ1) is 24.4. The van der Waals surface area contributed by atoms with Gasteiger partial charge in [-0.05, 0) is 24.3 Å². The maximum Gasteiger partial charge on any atom is 0.310 e. The highest BCUT2D eigenvalue weighted by molar-refractivity contribution is 5.98. The summed E-state index contributed by atoms with van der Waals surface area (Å²) in [6.45, 7) is 7.98. The van der Waals surface area contributed by atoms with Crippen LogP contribution in [-0.4, -0.2) is 74.7 Å². The van der Waals surface area contributed by atoms with Gasteiger partial charge in [-0.3, -0.25) is 14.4 Å². The van der Waals surface area contributed by atoms with Crippen LogP contribution in [-0.2, 0) is 25.7 Å². The van der Waals surface area contributed by atoms with Gasteiger partial charge in [-0.1, -0.05) is 56.7 Å². The van der Waals surface area contributed by atoms with Gasteiger partial charge in [0.1, 0.15) is 11.6 Å². The van der Waals surface area contributed by atoms with Crippen LogP contribution in [0.2, 0.25) is 0 Å². The lowest BCUT2D eigenvalue weighted by molar-refractivity contribution is -0.154. The molecule has 7 atom stereocenters. The van der Waals surface area contributed by atoms with Gasteiger partial charge in [0.15, 0.2) is 0 Å². The Balaban J connectivity index is 1.78. The molecule has 3 fully saturated rings. The molecule has 0 saturated carbocycles. The van der Waals surface area contributed by atoms with Gasteiger partial charge in [0.25, 0.3) is 0 Å². The van der Waals surface area contributed by atoms with Gasteiger partial charge < -0.3 is 24.7 Å². The largest absolute Gasteiger partial charge is 0.481 e. The third-order valence-electron chi connectivity index (χ3n) is 7.98. The van der Waals surface area contributed by atoms with Crippen molar-refractivity contribution in [2.24, 2.45) is 17.8 Å². The molecule has 2 amide bonds. The minimum Gasteiger partial charge on any atom is -0.481 e. The summed E-state index contributed by atoms with van der Waals surface area (Å²) < 4.78 is 6.28. The van der Waals surface area contributed by atoms with Crippen molar-refractivity contribution >= 4 is 17.8 Å². The summed E-state index contributed by atoms with van der Waals surface area (Å²) in [5.74, 6) is -3.77. The average molecular weight is 471 g/mol. The number of rotatable bonds is 10. The number of aliphatic hydroxyl groups excluding tert-OH is 1. The Kier molecular flexibility index (Phi) is 6.82. The Morgan fingerprint density at radius 3 is 2.65 bits per heavy atom. The average Bonchev–Trinajstić information content (AvgIpc) is 3.47. The molecule has 0 radical (unpaired) electrons. The predicted octanol–water partition coefficient (Wildman–Crippen LogP) is 2.07. The van der Waals surface area contributed by atoms with E-state index < -0.39 is 47.5 Å². The number of likely N-dealkylation sites (tertiary alicyclic amines) is 1. The highest BCUT2D eigenvalue weighted by atomic mass is 16.5. The van der Waals surface area contributed by atoms with Crippen LogP contribution in [0, 0.1) is 17.8 Å². The number of carboxylic acid groups (broad SMARTS) is 1. The van der Waals surface area contributed by atoms with E-state index in [9.17, 15) is 24.6 Å². The molecule has 0 unspecified atom stereocenters. The minimum atomic E-state index is -1.20. The Morgan fingerprint density at radius 1 is 1.35 bits per heavy atom. The first-order valence-electron chi connectivity index (χ1n) is 12.1. The second-order valence-corrected chi connectivity index (χ2v) is 9.77. The first-order chi connectivity index (χ1) is 16.3. The van der Waals surface area contributed by atoms with E-state index in [0.717, 1.165) is 5.56 Å². The van der Waals surface area contributed by atoms with Gasteiger partial charge in [-0.15, -0.1) is 6.58 Å². The van der Waals surface area contributed by atoms with E-state index in [0.29, 0.717) is 25.8 Å². The van der Waals surface area contributed by atoms with Crippen molar-refractivity contribution in [3.63, 3.8) is 0 Å². The molecule has 0 aromatic heterocycles. The van der Waals surface area contributed by atoms with Crippen LogP contribution >= 0.6 is 0 Å². The number of nitrogens with zero attached hydrogens (tertiary/aromatic N) is 2. The normalized spacial score (nSPS) is 31.3. The molecule has 4 rings (SSSR count). The molecule has 34 heavy (non-hydrogen) atoms. The molecule has 3 heterocycles. The number of ether oxygens (including phenoxy) is 1. The summed E-state index contributed by atoms with van der Waals surface area (Å²) in [5.41, 5.74) is -0.262. The molecular weight excluding hydrogens is 436 g/mol. The molecule has 1 aromatic carbocycles. The van der Waals surface area contributed by atoms with E-state index >= 15 is 0 Å². The molecule has 8 nitrogen and oxygen atoms in total. The topological polar surface area (TPSA) is 107 Å². The van der Waals surface area contributed by atoms with Crippen molar-refractivity contribution in [1.29, 1.82) is 0 Å². The molecule has 8 heteroatoms. The zero-order valence-electron chi connectivity index (χ0n) is 19.8. The van der Waals surface area contributed by atoms with E-state index in [1.54, 1.807) is 11.0 Å². The van der Waals surface area contributed by atoms with Gasteiger partial charge in [0, 0.05) is 13.1 Å². The van der Waals surface area contributed by atoms with Gasteiger partial charge >= 0.3 is 5.97 Å². The van der Waals surface area contributed by atoms with Crippen molar-refractivity contribution in [3.05, 3.63) is 48.6 Å². The summed E-state index contributed by atoms with van der Waals surface area (Å²) in [5, 5.41) is 20.2. The van der Waals surface area contributed by atoms with E-state index in [1.165, 1.54) is 4.90 Å². The number of fused-ring (bicyclic) bond motifs is 1. The van der Waals surface area contributed by atoms with Gasteiger partial charge in [-0.2, -0.15) is 0 Å². The number of aliphatic hydroxyl groups is 1. The fourth-order valence-corrected chi connectivity index (χ4v) is 6.19. The van der Waals surface area contributed by atoms with E-state index in [1.807, 2.05) is 44.2 Å². The number of amides is 2. The first-order valence-corrected chi connectivity index (χ1v) is 12.1. The molecular formula is C26H34N2O6. The summed E-state index contributed by atoms with van der Waals surface area (Å²) in [6, 6.07) is 7.95. The second kappa shape index (κ2) is 9.50. The molecule has 184 valence electrons. The van der Waals surface area contributed by atoms with Crippen LogP contribution in [0.4, 0.5) is 0 Å². The Labute approximate surface area is 200 Å². The summed E-state index contributed by atoms with van der Waals surface area (Å²) in [7, 11) is 0. The van der Waals surface area contributed by atoms with Crippen molar-refractivity contribution in [2.45, 2.75) is 63.4 Å². The number of hydrogen-bond acceptors (Lipinski definition) is 5. The van der Waals surface area contributed by atoms with Crippen LogP contribution in [0.25, 0.3) is 0 Å². The second-order valence-electron chi connectivity index (χ2n) is 9.77. The van der Waals surface area contributed by atoms with Gasteiger partial charge in [0.05, 0.1) is 30.6 Å². The SMILES string of the molecule is C=CCN(Cc1ccccc1)C(=O)[C@H]1N([C@@H](CO)[C@@H](C)CC)C(=O)[C@@H]2[C@@H](C(=O)O)[C@H]3CC[C@]21O3. The zero-order chi connectivity index (χ0) is 24.6. The molecule has 1 spiro atoms. The van der Waals surface area contributed by atoms with Crippen LogP contribution in [0.5, 0.6) is 0 Å². The third kappa shape index (κ3) is 3.73. The number of benzene rings is 1. The number of hydrogen-bond donors (Lipinski definition) is 2. The van der Waals surface area contributed by atoms with Crippen molar-refractivity contribution in [1.82, 2.24) is 9.80 Å². The van der Waals surface area contributed by atoms with Crippen molar-refractivity contribution in [2.75, 3.05) is 13.2 Å². The summed E-state index contributed by atoms with van der Waals surface area (Å²) >= 11 is 0. The van der Waals surface area contributed by atoms with E-state index in [2.05, 4.69) is 6.58 Å². The quantitative estimate of drug-likeness (QED) is 0.507. The van der Waals surface area contributed by atoms with Crippen LogP contribution in [0.1, 0.15) is 38.7 Å². The van der Waals surface area contributed by atoms with Gasteiger partial charge in [0.2, 0.25) is 11.8 Å². The molecule has 3 saturated heterocycles. The maximum absolute atomic E-state index is 14.2. The smallest absolute Gasteiger partial charge is 0.310 e. The predicted molar refractivity (Wildman–Crippen MR) is 124 cm³/mol. The number of carbonyl (C=O) groups is 3. The van der Waals surface area contributed by atoms with Gasteiger partial charge in [-0.25, -0.2) is 0 Å². The molecule has 2 bridgehead atoms. The van der Waals surface area contributed by atoms with Crippen molar-refractivity contribution < 1.29 is 29.3 Å². The number of carboxylic acids is 1. The van der Waals surface area contributed by atoms with Crippen LogP contribution in [0.3, 0.4) is 0 Å². The molecule has 0 aliphatic carbocycles. The lowest BCUT2D eigenvalue weighted by Crippen LogP contribution is -2.59. The number of carbonyl (C=O) groups excluding carboxylic acids is 2.